The molecule has 0 fully saturated rings. The number of esters is 2. The first-order valence-electron chi connectivity index (χ1n) is 11.1. The first-order chi connectivity index (χ1) is 17.4. The van der Waals surface area contributed by atoms with Crippen molar-refractivity contribution in [1.82, 2.24) is 4.90 Å². The topological polar surface area (TPSA) is 133 Å². The molecule has 0 unspecified atom stereocenters. The van der Waals surface area contributed by atoms with Gasteiger partial charge in [-0.3, -0.25) is 19.9 Å². The smallest absolute Gasteiger partial charge is 0.354 e. The number of hydrogen-bond donors (Lipinski definition) is 1. The van der Waals surface area contributed by atoms with Gasteiger partial charge in [0.2, 0.25) is 0 Å². The van der Waals surface area contributed by atoms with Crippen molar-refractivity contribution in [3.05, 3.63) is 53.1 Å². The van der Waals surface area contributed by atoms with Gasteiger partial charge in [-0.1, -0.05) is 12.1 Å². The van der Waals surface area contributed by atoms with Crippen molar-refractivity contribution in [3.63, 3.8) is 0 Å². The third-order valence-electron chi connectivity index (χ3n) is 5.42. The van der Waals surface area contributed by atoms with E-state index in [0.717, 1.165) is 4.90 Å². The Morgan fingerprint density at radius 3 is 2.14 bits per heavy atom. The van der Waals surface area contributed by atoms with Crippen molar-refractivity contribution in [1.29, 1.82) is 0 Å². The Kier molecular flexibility index (Phi) is 8.61. The average molecular weight is 498 g/mol. The molecular weight excluding hydrogens is 470 g/mol. The Morgan fingerprint density at radius 1 is 0.972 bits per heavy atom. The minimum Gasteiger partial charge on any atom is -0.493 e. The van der Waals surface area contributed by atoms with Crippen LogP contribution in [0.25, 0.3) is 0 Å². The second kappa shape index (κ2) is 11.8. The number of methoxy groups -OCH3 is 3. The molecule has 0 saturated carbocycles. The number of nitrogens with zero attached hydrogens (tertiary/aromatic N) is 2. The van der Waals surface area contributed by atoms with Gasteiger partial charge < -0.3 is 18.9 Å². The number of ether oxygens (including phenoxy) is 4. The van der Waals surface area contributed by atoms with Crippen molar-refractivity contribution in [2.45, 2.75) is 19.8 Å². The number of carbonyl (C=O) groups excluding carboxylic acids is 4. The van der Waals surface area contributed by atoms with Gasteiger partial charge >= 0.3 is 11.9 Å². The fourth-order valence-corrected chi connectivity index (χ4v) is 3.64. The normalized spacial score (nSPS) is 12.8. The molecule has 0 atom stereocenters. The van der Waals surface area contributed by atoms with Crippen LogP contribution in [0.15, 0.2) is 41.5 Å². The van der Waals surface area contributed by atoms with Crippen LogP contribution in [0.1, 0.15) is 50.8 Å². The van der Waals surface area contributed by atoms with Crippen molar-refractivity contribution in [2.24, 2.45) is 5.10 Å². The molecule has 11 heteroatoms. The summed E-state index contributed by atoms with van der Waals surface area (Å²) in [4.78, 5) is 51.1. The molecule has 36 heavy (non-hydrogen) atoms. The molecule has 1 aliphatic rings. The summed E-state index contributed by atoms with van der Waals surface area (Å²) < 4.78 is 20.4. The molecule has 0 aliphatic carbocycles. The van der Waals surface area contributed by atoms with E-state index >= 15 is 0 Å². The van der Waals surface area contributed by atoms with Gasteiger partial charge in [0.05, 0.1) is 50.3 Å². The van der Waals surface area contributed by atoms with Gasteiger partial charge in [-0.15, -0.1) is 0 Å². The van der Waals surface area contributed by atoms with Crippen LogP contribution in [0, 0.1) is 0 Å². The van der Waals surface area contributed by atoms with E-state index in [-0.39, 0.29) is 54.8 Å². The highest BCUT2D eigenvalue weighted by molar-refractivity contribution is 6.36. The van der Waals surface area contributed by atoms with Crippen molar-refractivity contribution < 1.29 is 38.1 Å². The number of nitrogens with one attached hydrogen (secondary N) is 1. The molecule has 2 amide bonds. The number of amides is 2. The van der Waals surface area contributed by atoms with E-state index in [0.29, 0.717) is 22.6 Å². The lowest BCUT2D eigenvalue weighted by atomic mass is 10.1. The molecule has 1 heterocycles. The Labute approximate surface area is 208 Å². The van der Waals surface area contributed by atoms with Gasteiger partial charge in [0.15, 0.2) is 11.5 Å². The van der Waals surface area contributed by atoms with Crippen LogP contribution in [0.4, 0.5) is 5.69 Å². The second-order valence-electron chi connectivity index (χ2n) is 7.55. The lowest BCUT2D eigenvalue weighted by molar-refractivity contribution is -0.135. The number of carbonyl (C=O) groups is 4. The number of benzene rings is 2. The van der Waals surface area contributed by atoms with Crippen LogP contribution in [-0.2, 0) is 14.3 Å². The van der Waals surface area contributed by atoms with E-state index in [9.17, 15) is 19.2 Å². The molecule has 1 N–H and O–H groups in total. The maximum absolute atomic E-state index is 12.6. The number of rotatable bonds is 11. The van der Waals surface area contributed by atoms with E-state index < -0.39 is 11.9 Å². The number of anilines is 1. The Balaban J connectivity index is 1.79. The molecule has 0 saturated heterocycles. The summed E-state index contributed by atoms with van der Waals surface area (Å²) in [6.07, 6.45) is 0.362. The quantitative estimate of drug-likeness (QED) is 0.215. The van der Waals surface area contributed by atoms with Gasteiger partial charge in [0.1, 0.15) is 5.71 Å². The largest absolute Gasteiger partial charge is 0.493 e. The number of fused-ring (bicyclic) bond motifs is 1. The predicted molar refractivity (Wildman–Crippen MR) is 130 cm³/mol. The highest BCUT2D eigenvalue weighted by atomic mass is 16.5. The van der Waals surface area contributed by atoms with Crippen LogP contribution in [0.3, 0.4) is 0 Å². The first-order valence-corrected chi connectivity index (χ1v) is 11.1. The average Bonchev–Trinajstić information content (AvgIpc) is 3.14. The maximum atomic E-state index is 12.6. The summed E-state index contributed by atoms with van der Waals surface area (Å²) in [6.45, 7) is 1.88. The summed E-state index contributed by atoms with van der Waals surface area (Å²) in [5, 5.41) is 4.16. The lowest BCUT2D eigenvalue weighted by Gasteiger charge is -2.15. The monoisotopic (exact) mass is 497 g/mol. The molecule has 0 aromatic heterocycles. The molecule has 3 rings (SSSR count). The van der Waals surface area contributed by atoms with Crippen LogP contribution in [-0.4, -0.2) is 68.8 Å². The summed E-state index contributed by atoms with van der Waals surface area (Å²) in [5.74, 6) is -1.46. The zero-order chi connectivity index (χ0) is 26.2. The van der Waals surface area contributed by atoms with Crippen LogP contribution >= 0.6 is 0 Å². The Hall–Kier alpha value is -4.41. The fraction of sp³-hybridized carbons (Fsp3) is 0.320. The van der Waals surface area contributed by atoms with Crippen LogP contribution < -0.4 is 14.9 Å². The van der Waals surface area contributed by atoms with E-state index in [4.69, 9.17) is 18.9 Å². The zero-order valence-electron chi connectivity index (χ0n) is 20.5. The second-order valence-corrected chi connectivity index (χ2v) is 7.55. The third kappa shape index (κ3) is 5.45. The van der Waals surface area contributed by atoms with Crippen molar-refractivity contribution in [3.8, 4) is 11.5 Å². The SMILES string of the molecule is CCOC(=O)/C(CCCN1C(=O)c2ccccc2C1=O)=N/Nc1cc(OC)c(OC)cc1C(=O)OC. The molecule has 2 aromatic carbocycles. The molecule has 2 aromatic rings. The molecule has 11 nitrogen and oxygen atoms in total. The molecule has 0 bridgehead atoms. The molecule has 1 aliphatic heterocycles. The minimum atomic E-state index is -0.674. The molecule has 0 spiro atoms. The Bertz CT molecular complexity index is 1170. The third-order valence-corrected chi connectivity index (χ3v) is 5.42. The zero-order valence-corrected chi connectivity index (χ0v) is 20.5. The Morgan fingerprint density at radius 2 is 1.58 bits per heavy atom. The molecule has 190 valence electrons. The van der Waals surface area contributed by atoms with Gasteiger partial charge in [-0.05, 0) is 25.5 Å². The summed E-state index contributed by atoms with van der Waals surface area (Å²) in [7, 11) is 4.10. The van der Waals surface area contributed by atoms with E-state index in [1.807, 2.05) is 0 Å². The molecule has 0 radical (unpaired) electrons. The number of hydrogen-bond acceptors (Lipinski definition) is 10. The summed E-state index contributed by atoms with van der Waals surface area (Å²) >= 11 is 0. The maximum Gasteiger partial charge on any atom is 0.354 e. The standard InChI is InChI=1S/C25H27N3O8/c1-5-36-25(32)18(11-8-12-28-22(29)15-9-6-7-10-16(15)23(28)30)26-27-19-14-21(34-3)20(33-2)13-17(19)24(31)35-4/h6-7,9-10,13-14,27H,5,8,11-12H2,1-4H3/b26-18+. The summed E-state index contributed by atoms with van der Waals surface area (Å²) in [5.41, 5.74) is 3.74. The fourth-order valence-electron chi connectivity index (χ4n) is 3.64. The van der Waals surface area contributed by atoms with Gasteiger partial charge in [-0.25, -0.2) is 9.59 Å². The van der Waals surface area contributed by atoms with Crippen molar-refractivity contribution >= 4 is 35.2 Å². The lowest BCUT2D eigenvalue weighted by Crippen LogP contribution is -2.31. The van der Waals surface area contributed by atoms with E-state index in [1.54, 1.807) is 31.2 Å². The summed E-state index contributed by atoms with van der Waals surface area (Å²) in [6, 6.07) is 9.51. The minimum absolute atomic E-state index is 0.0130. The predicted octanol–water partition coefficient (Wildman–Crippen LogP) is 2.90. The van der Waals surface area contributed by atoms with E-state index in [2.05, 4.69) is 10.5 Å². The van der Waals surface area contributed by atoms with E-state index in [1.165, 1.54) is 33.5 Å². The van der Waals surface area contributed by atoms with Crippen LogP contribution in [0.2, 0.25) is 0 Å². The highest BCUT2D eigenvalue weighted by Crippen LogP contribution is 2.34. The van der Waals surface area contributed by atoms with Crippen molar-refractivity contribution in [2.75, 3.05) is 39.9 Å². The van der Waals surface area contributed by atoms with Crippen LogP contribution in [0.5, 0.6) is 11.5 Å². The van der Waals surface area contributed by atoms with Gasteiger partial charge in [-0.2, -0.15) is 5.10 Å². The number of imide groups is 1. The highest BCUT2D eigenvalue weighted by Gasteiger charge is 2.34. The first kappa shape index (κ1) is 26.2. The van der Waals surface area contributed by atoms with Gasteiger partial charge in [0.25, 0.3) is 11.8 Å². The molecular formula is C25H27N3O8. The number of hydrazone groups is 1. The van der Waals surface area contributed by atoms with Gasteiger partial charge in [0, 0.05) is 25.1 Å².